The first-order valence-corrected chi connectivity index (χ1v) is 1.92. The molecule has 1 N–H and O–H groups in total. The van der Waals surface area contributed by atoms with Crippen molar-refractivity contribution in [2.45, 2.75) is 0 Å². The molecule has 1 rings (SSSR count). The van der Waals surface area contributed by atoms with Crippen molar-refractivity contribution >= 4 is 5.71 Å². The van der Waals surface area contributed by atoms with E-state index in [1.165, 1.54) is 6.26 Å². The van der Waals surface area contributed by atoms with Crippen LogP contribution in [0.1, 0.15) is 0 Å². The third-order valence-corrected chi connectivity index (χ3v) is 0.716. The van der Waals surface area contributed by atoms with E-state index in [2.05, 4.69) is 9.89 Å². The zero-order valence-corrected chi connectivity index (χ0v) is 3.66. The van der Waals surface area contributed by atoms with E-state index in [0.29, 0.717) is 12.3 Å². The smallest absolute Gasteiger partial charge is 0.133 e. The van der Waals surface area contributed by atoms with Gasteiger partial charge >= 0.3 is 0 Å². The van der Waals surface area contributed by atoms with Gasteiger partial charge in [0.15, 0.2) is 0 Å². The normalized spacial score (nSPS) is 23.1. The first kappa shape index (κ1) is 4.18. The summed E-state index contributed by atoms with van der Waals surface area (Å²) in [5.74, 6) is 0. The zero-order chi connectivity index (χ0) is 5.11. The van der Waals surface area contributed by atoms with E-state index >= 15 is 0 Å². The van der Waals surface area contributed by atoms with Gasteiger partial charge in [-0.3, -0.25) is 0 Å². The van der Waals surface area contributed by atoms with Crippen molar-refractivity contribution in [3.63, 3.8) is 0 Å². The van der Waals surface area contributed by atoms with Gasteiger partial charge in [-0.2, -0.15) is 0 Å². The molecule has 3 nitrogen and oxygen atoms in total. The van der Waals surface area contributed by atoms with Gasteiger partial charge in [0.2, 0.25) is 0 Å². The van der Waals surface area contributed by atoms with Gasteiger partial charge in [-0.15, -0.1) is 0 Å². The standard InChI is InChI=1S/C4H5NO2/c6-5-4-1-2-7-3-4/h1-2,6H,3H2/b5-4+. The molecule has 0 aromatic rings. The second-order valence-corrected chi connectivity index (χ2v) is 1.21. The lowest BCUT2D eigenvalue weighted by Crippen LogP contribution is -1.93. The molecule has 1 aliphatic heterocycles. The van der Waals surface area contributed by atoms with Crippen LogP contribution in [0.4, 0.5) is 0 Å². The summed E-state index contributed by atoms with van der Waals surface area (Å²) in [7, 11) is 0. The molecule has 0 radical (unpaired) electrons. The van der Waals surface area contributed by atoms with E-state index in [1.54, 1.807) is 6.08 Å². The van der Waals surface area contributed by atoms with Crippen molar-refractivity contribution < 1.29 is 9.94 Å². The third-order valence-electron chi connectivity index (χ3n) is 0.716. The van der Waals surface area contributed by atoms with Gasteiger partial charge in [0.05, 0.1) is 6.26 Å². The number of nitrogens with zero attached hydrogens (tertiary/aromatic N) is 1. The number of oxime groups is 1. The summed E-state index contributed by atoms with van der Waals surface area (Å²) in [5, 5.41) is 10.9. The second kappa shape index (κ2) is 1.64. The number of ether oxygens (including phenoxy) is 1. The van der Waals surface area contributed by atoms with Crippen LogP contribution in [-0.2, 0) is 4.74 Å². The Morgan fingerprint density at radius 3 is 3.00 bits per heavy atom. The molecule has 0 saturated carbocycles. The summed E-state index contributed by atoms with van der Waals surface area (Å²) in [5.41, 5.74) is 0.569. The highest BCUT2D eigenvalue weighted by Crippen LogP contribution is 1.92. The molecule has 0 saturated heterocycles. The van der Waals surface area contributed by atoms with E-state index in [4.69, 9.17) is 5.21 Å². The molecule has 38 valence electrons. The lowest BCUT2D eigenvalue weighted by Gasteiger charge is -1.83. The van der Waals surface area contributed by atoms with Crippen molar-refractivity contribution in [3.05, 3.63) is 12.3 Å². The Bertz CT molecular complexity index is 114. The fourth-order valence-electron chi connectivity index (χ4n) is 0.370. The van der Waals surface area contributed by atoms with Crippen molar-refractivity contribution in [1.82, 2.24) is 0 Å². The van der Waals surface area contributed by atoms with Gasteiger partial charge in [-0.25, -0.2) is 0 Å². The van der Waals surface area contributed by atoms with E-state index in [-0.39, 0.29) is 0 Å². The van der Waals surface area contributed by atoms with E-state index < -0.39 is 0 Å². The molecular weight excluding hydrogens is 94.0 g/mol. The van der Waals surface area contributed by atoms with Gasteiger partial charge in [-0.1, -0.05) is 5.16 Å². The number of hydrogen-bond acceptors (Lipinski definition) is 3. The average Bonchev–Trinajstić information content (AvgIpc) is 2.14. The number of rotatable bonds is 0. The molecule has 0 aliphatic carbocycles. The Hall–Kier alpha value is -0.990. The molecular formula is C4H5NO2. The third kappa shape index (κ3) is 0.707. The minimum Gasteiger partial charge on any atom is -0.495 e. The molecule has 0 atom stereocenters. The lowest BCUT2D eigenvalue weighted by atomic mass is 10.4. The van der Waals surface area contributed by atoms with Gasteiger partial charge in [0.25, 0.3) is 0 Å². The highest BCUT2D eigenvalue weighted by atomic mass is 16.5. The summed E-state index contributed by atoms with van der Waals surface area (Å²) in [6.07, 6.45) is 3.11. The Morgan fingerprint density at radius 2 is 2.71 bits per heavy atom. The minimum atomic E-state index is 0.399. The van der Waals surface area contributed by atoms with Gasteiger partial charge in [-0.05, 0) is 0 Å². The predicted molar refractivity (Wildman–Crippen MR) is 24.3 cm³/mol. The van der Waals surface area contributed by atoms with Crippen LogP contribution in [0.25, 0.3) is 0 Å². The van der Waals surface area contributed by atoms with Crippen LogP contribution in [0.2, 0.25) is 0 Å². The largest absolute Gasteiger partial charge is 0.495 e. The summed E-state index contributed by atoms with van der Waals surface area (Å²) in [6.45, 7) is 0.399. The van der Waals surface area contributed by atoms with Crippen molar-refractivity contribution in [3.8, 4) is 0 Å². The Kier molecular flexibility index (Phi) is 0.978. The summed E-state index contributed by atoms with van der Waals surface area (Å²) in [6, 6.07) is 0. The predicted octanol–water partition coefficient (Wildman–Crippen LogP) is 0.360. The van der Waals surface area contributed by atoms with E-state index in [0.717, 1.165) is 0 Å². The molecule has 7 heavy (non-hydrogen) atoms. The van der Waals surface area contributed by atoms with Crippen molar-refractivity contribution in [2.24, 2.45) is 5.16 Å². The van der Waals surface area contributed by atoms with Crippen molar-refractivity contribution in [1.29, 1.82) is 0 Å². The van der Waals surface area contributed by atoms with Gasteiger partial charge in [0, 0.05) is 6.08 Å². The minimum absolute atomic E-state index is 0.399. The molecule has 3 heteroatoms. The Morgan fingerprint density at radius 1 is 1.86 bits per heavy atom. The maximum absolute atomic E-state index is 8.02. The van der Waals surface area contributed by atoms with Crippen LogP contribution in [0.3, 0.4) is 0 Å². The first-order chi connectivity index (χ1) is 3.43. The van der Waals surface area contributed by atoms with Crippen molar-refractivity contribution in [2.75, 3.05) is 6.61 Å². The first-order valence-electron chi connectivity index (χ1n) is 1.92. The summed E-state index contributed by atoms with van der Waals surface area (Å²) < 4.78 is 4.68. The van der Waals surface area contributed by atoms with Gasteiger partial charge in [0.1, 0.15) is 12.3 Å². The quantitative estimate of drug-likeness (QED) is 0.352. The maximum atomic E-state index is 8.02. The van der Waals surface area contributed by atoms with Crippen LogP contribution in [0.5, 0.6) is 0 Å². The van der Waals surface area contributed by atoms with Crippen LogP contribution < -0.4 is 0 Å². The molecule has 0 amide bonds. The maximum Gasteiger partial charge on any atom is 0.133 e. The Labute approximate surface area is 40.9 Å². The lowest BCUT2D eigenvalue weighted by molar-refractivity contribution is 0.295. The highest BCUT2D eigenvalue weighted by Gasteiger charge is 1.98. The fraction of sp³-hybridized carbons (Fsp3) is 0.250. The topological polar surface area (TPSA) is 41.8 Å². The van der Waals surface area contributed by atoms with Gasteiger partial charge < -0.3 is 9.94 Å². The zero-order valence-electron chi connectivity index (χ0n) is 3.66. The average molecular weight is 99.1 g/mol. The Balaban J connectivity index is 2.59. The molecule has 0 fully saturated rings. The van der Waals surface area contributed by atoms with E-state index in [9.17, 15) is 0 Å². The molecule has 0 spiro atoms. The molecule has 0 aromatic heterocycles. The molecule has 0 aromatic carbocycles. The van der Waals surface area contributed by atoms with E-state index in [1.807, 2.05) is 0 Å². The number of hydrogen-bond donors (Lipinski definition) is 1. The monoisotopic (exact) mass is 99.0 g/mol. The van der Waals surface area contributed by atoms with Crippen LogP contribution >= 0.6 is 0 Å². The molecule has 0 bridgehead atoms. The molecule has 1 aliphatic rings. The molecule has 1 heterocycles. The SMILES string of the molecule is O/N=C1\C=COC1. The van der Waals surface area contributed by atoms with Crippen LogP contribution in [0, 0.1) is 0 Å². The summed E-state index contributed by atoms with van der Waals surface area (Å²) >= 11 is 0. The highest BCUT2D eigenvalue weighted by molar-refractivity contribution is 5.96. The molecule has 0 unspecified atom stereocenters. The second-order valence-electron chi connectivity index (χ2n) is 1.21. The van der Waals surface area contributed by atoms with Crippen LogP contribution in [0.15, 0.2) is 17.5 Å². The fourth-order valence-corrected chi connectivity index (χ4v) is 0.370. The van der Waals surface area contributed by atoms with Crippen LogP contribution in [-0.4, -0.2) is 17.5 Å². The summed E-state index contributed by atoms with van der Waals surface area (Å²) in [4.78, 5) is 0.